The van der Waals surface area contributed by atoms with Crippen molar-refractivity contribution in [3.63, 3.8) is 0 Å². The van der Waals surface area contributed by atoms with Crippen LogP contribution in [0.5, 0.6) is 0 Å². The number of hydrogen-bond acceptors (Lipinski definition) is 3. The van der Waals surface area contributed by atoms with E-state index in [4.69, 9.17) is 16.7 Å². The molecule has 0 bridgehead atoms. The summed E-state index contributed by atoms with van der Waals surface area (Å²) in [5.74, 6) is 0. The third-order valence-electron chi connectivity index (χ3n) is 3.97. The number of benzene rings is 2. The zero-order chi connectivity index (χ0) is 15.6. The fourth-order valence-electron chi connectivity index (χ4n) is 2.89. The zero-order valence-corrected chi connectivity index (χ0v) is 14.0. The molecule has 1 unspecified atom stereocenters. The molecule has 2 heterocycles. The van der Waals surface area contributed by atoms with E-state index in [1.807, 2.05) is 36.4 Å². The standard InChI is InChI=1S/C19H15ClN2S/c20-15-7-4-6-14(12-15)18-13-17(19-10-5-11-23-19)21-22(18)16-8-2-1-3-9-16/h1-12,18H,13H2. The van der Waals surface area contributed by atoms with Crippen molar-refractivity contribution in [2.45, 2.75) is 12.5 Å². The molecule has 2 nitrogen and oxygen atoms in total. The number of hydrogen-bond donors (Lipinski definition) is 0. The van der Waals surface area contributed by atoms with Gasteiger partial charge in [0.2, 0.25) is 0 Å². The third-order valence-corrected chi connectivity index (χ3v) is 5.12. The molecule has 1 atom stereocenters. The van der Waals surface area contributed by atoms with Gasteiger partial charge in [0.25, 0.3) is 0 Å². The minimum absolute atomic E-state index is 0.174. The van der Waals surface area contributed by atoms with Crippen molar-refractivity contribution in [3.05, 3.63) is 87.6 Å². The van der Waals surface area contributed by atoms with Gasteiger partial charge in [-0.15, -0.1) is 11.3 Å². The van der Waals surface area contributed by atoms with Crippen molar-refractivity contribution >= 4 is 34.3 Å². The maximum Gasteiger partial charge on any atom is 0.0832 e. The molecular formula is C19H15ClN2S. The Hall–Kier alpha value is -2.10. The molecule has 0 amide bonds. The van der Waals surface area contributed by atoms with Gasteiger partial charge < -0.3 is 0 Å². The smallest absolute Gasteiger partial charge is 0.0832 e. The van der Waals surface area contributed by atoms with Crippen LogP contribution in [0.2, 0.25) is 5.02 Å². The molecule has 1 aromatic heterocycles. The normalized spacial score (nSPS) is 17.3. The average molecular weight is 339 g/mol. The summed E-state index contributed by atoms with van der Waals surface area (Å²) in [6.07, 6.45) is 0.885. The molecule has 23 heavy (non-hydrogen) atoms. The molecule has 0 spiro atoms. The summed E-state index contributed by atoms with van der Waals surface area (Å²) in [5, 5.41) is 9.88. The molecular weight excluding hydrogens is 324 g/mol. The number of hydrazone groups is 1. The highest BCUT2D eigenvalue weighted by molar-refractivity contribution is 7.12. The predicted molar refractivity (Wildman–Crippen MR) is 98.6 cm³/mol. The van der Waals surface area contributed by atoms with E-state index < -0.39 is 0 Å². The summed E-state index contributed by atoms with van der Waals surface area (Å²) in [6.45, 7) is 0. The van der Waals surface area contributed by atoms with Gasteiger partial charge in [0.05, 0.1) is 22.3 Å². The second-order valence-electron chi connectivity index (χ2n) is 5.48. The van der Waals surface area contributed by atoms with Crippen LogP contribution in [0.3, 0.4) is 0 Å². The quantitative estimate of drug-likeness (QED) is 0.593. The third kappa shape index (κ3) is 2.90. The molecule has 0 saturated carbocycles. The Bertz CT molecular complexity index is 828. The number of halogens is 1. The summed E-state index contributed by atoms with van der Waals surface area (Å²) in [6, 6.07) is 22.8. The van der Waals surface area contributed by atoms with Crippen LogP contribution in [0.25, 0.3) is 0 Å². The van der Waals surface area contributed by atoms with E-state index in [2.05, 4.69) is 40.7 Å². The van der Waals surface area contributed by atoms with E-state index in [9.17, 15) is 0 Å². The van der Waals surface area contributed by atoms with Gasteiger partial charge in [0.15, 0.2) is 0 Å². The number of rotatable bonds is 3. The van der Waals surface area contributed by atoms with Crippen molar-refractivity contribution in [1.29, 1.82) is 0 Å². The van der Waals surface area contributed by atoms with Gasteiger partial charge in [-0.2, -0.15) is 5.10 Å². The van der Waals surface area contributed by atoms with Crippen molar-refractivity contribution in [3.8, 4) is 0 Å². The fraction of sp³-hybridized carbons (Fsp3) is 0.105. The van der Waals surface area contributed by atoms with E-state index in [-0.39, 0.29) is 6.04 Å². The van der Waals surface area contributed by atoms with E-state index in [1.54, 1.807) is 11.3 Å². The van der Waals surface area contributed by atoms with Crippen LogP contribution >= 0.6 is 22.9 Å². The summed E-state index contributed by atoms with van der Waals surface area (Å²) >= 11 is 7.93. The first-order valence-electron chi connectivity index (χ1n) is 7.52. The Labute approximate surface area is 144 Å². The highest BCUT2D eigenvalue weighted by Gasteiger charge is 2.30. The lowest BCUT2D eigenvalue weighted by atomic mass is 10.0. The lowest BCUT2D eigenvalue weighted by molar-refractivity contribution is 0.709. The topological polar surface area (TPSA) is 15.6 Å². The van der Waals surface area contributed by atoms with Crippen molar-refractivity contribution in [1.82, 2.24) is 0 Å². The van der Waals surface area contributed by atoms with Crippen LogP contribution < -0.4 is 5.01 Å². The van der Waals surface area contributed by atoms with Gasteiger partial charge in [0.1, 0.15) is 0 Å². The molecule has 1 aliphatic heterocycles. The minimum Gasteiger partial charge on any atom is -0.257 e. The van der Waals surface area contributed by atoms with Gasteiger partial charge in [-0.25, -0.2) is 0 Å². The maximum absolute atomic E-state index is 6.20. The lowest BCUT2D eigenvalue weighted by Crippen LogP contribution is -2.18. The van der Waals surface area contributed by atoms with Crippen molar-refractivity contribution < 1.29 is 0 Å². The van der Waals surface area contributed by atoms with Crippen molar-refractivity contribution in [2.24, 2.45) is 5.10 Å². The van der Waals surface area contributed by atoms with Crippen LogP contribution in [0, 0.1) is 0 Å². The van der Waals surface area contributed by atoms with Gasteiger partial charge in [0, 0.05) is 11.4 Å². The Balaban J connectivity index is 1.76. The number of anilines is 1. The monoisotopic (exact) mass is 338 g/mol. The largest absolute Gasteiger partial charge is 0.257 e. The number of thiophene rings is 1. The second kappa shape index (κ2) is 6.19. The first-order chi connectivity index (χ1) is 11.3. The Morgan fingerprint density at radius 3 is 2.61 bits per heavy atom. The molecule has 0 radical (unpaired) electrons. The molecule has 114 valence electrons. The Kier molecular flexibility index (Phi) is 3.90. The molecule has 0 fully saturated rings. The molecule has 0 saturated heterocycles. The fourth-order valence-corrected chi connectivity index (χ4v) is 3.81. The van der Waals surface area contributed by atoms with Crippen LogP contribution in [0.1, 0.15) is 22.9 Å². The van der Waals surface area contributed by atoms with Gasteiger partial charge in [-0.05, 0) is 41.3 Å². The lowest BCUT2D eigenvalue weighted by Gasteiger charge is -2.24. The van der Waals surface area contributed by atoms with E-state index in [0.29, 0.717) is 0 Å². The summed E-state index contributed by atoms with van der Waals surface area (Å²) < 4.78 is 0. The maximum atomic E-state index is 6.20. The summed E-state index contributed by atoms with van der Waals surface area (Å²) in [4.78, 5) is 1.23. The van der Waals surface area contributed by atoms with Gasteiger partial charge in [-0.1, -0.05) is 48.0 Å². The molecule has 0 N–H and O–H groups in total. The number of para-hydroxylation sites is 1. The highest BCUT2D eigenvalue weighted by atomic mass is 35.5. The SMILES string of the molecule is Clc1cccc(C2CC(c3cccs3)=NN2c2ccccc2)c1. The predicted octanol–water partition coefficient (Wildman–Crippen LogP) is 5.76. The van der Waals surface area contributed by atoms with Crippen molar-refractivity contribution in [2.75, 3.05) is 5.01 Å². The zero-order valence-electron chi connectivity index (χ0n) is 12.4. The molecule has 4 heteroatoms. The van der Waals surface area contributed by atoms with Crippen LogP contribution in [0.15, 0.2) is 77.2 Å². The van der Waals surface area contributed by atoms with Crippen LogP contribution in [-0.4, -0.2) is 5.71 Å². The molecule has 0 aliphatic carbocycles. The number of nitrogens with zero attached hydrogens (tertiary/aromatic N) is 2. The first kappa shape index (κ1) is 14.5. The average Bonchev–Trinajstić information content (AvgIpc) is 3.25. The summed E-state index contributed by atoms with van der Waals surface area (Å²) in [7, 11) is 0. The second-order valence-corrected chi connectivity index (χ2v) is 6.86. The molecule has 2 aromatic carbocycles. The van der Waals surface area contributed by atoms with Gasteiger partial charge in [-0.3, -0.25) is 5.01 Å². The van der Waals surface area contributed by atoms with E-state index in [1.165, 1.54) is 10.4 Å². The Morgan fingerprint density at radius 1 is 1.00 bits per heavy atom. The molecule has 4 rings (SSSR count). The van der Waals surface area contributed by atoms with Crippen LogP contribution in [0.4, 0.5) is 5.69 Å². The highest BCUT2D eigenvalue weighted by Crippen LogP contribution is 2.37. The van der Waals surface area contributed by atoms with Gasteiger partial charge >= 0.3 is 0 Å². The summed E-state index contributed by atoms with van der Waals surface area (Å²) in [5.41, 5.74) is 3.43. The molecule has 1 aliphatic rings. The van der Waals surface area contributed by atoms with E-state index in [0.717, 1.165) is 22.8 Å². The molecule has 3 aromatic rings. The first-order valence-corrected chi connectivity index (χ1v) is 8.78. The Morgan fingerprint density at radius 2 is 1.87 bits per heavy atom. The van der Waals surface area contributed by atoms with Crippen LogP contribution in [-0.2, 0) is 0 Å². The van der Waals surface area contributed by atoms with E-state index >= 15 is 0 Å². The minimum atomic E-state index is 0.174.